The minimum Gasteiger partial charge on any atom is -0.356 e. The third kappa shape index (κ3) is 10.9. The molecule has 1 aliphatic rings. The molecule has 0 spiro atoms. The summed E-state index contributed by atoms with van der Waals surface area (Å²) in [6.45, 7) is 18.2. The van der Waals surface area contributed by atoms with Crippen molar-refractivity contribution in [3.8, 4) is 0 Å². The molecule has 1 saturated heterocycles. The highest BCUT2D eigenvalue weighted by Crippen LogP contribution is 2.15. The zero-order chi connectivity index (χ0) is 18.7. The maximum atomic E-state index is 4.34. The van der Waals surface area contributed by atoms with Crippen LogP contribution in [0, 0.1) is 5.92 Å². The minimum absolute atomic E-state index is 0. The Morgan fingerprint density at radius 2 is 1.77 bits per heavy atom. The first-order valence-electron chi connectivity index (χ1n) is 10.4. The number of rotatable bonds is 10. The van der Waals surface area contributed by atoms with Crippen LogP contribution in [0.5, 0.6) is 0 Å². The second-order valence-corrected chi connectivity index (χ2v) is 8.11. The molecule has 0 aromatic carbocycles. The number of likely N-dealkylation sites (tertiary alicyclic amines) is 1. The number of nitrogens with one attached hydrogen (secondary N) is 2. The molecule has 0 aromatic rings. The lowest BCUT2D eigenvalue weighted by Gasteiger charge is -2.31. The molecule has 26 heavy (non-hydrogen) atoms. The molecular formula is C20H44IN5. The van der Waals surface area contributed by atoms with Crippen LogP contribution in [0.2, 0.25) is 0 Å². The first kappa shape index (κ1) is 25.9. The van der Waals surface area contributed by atoms with E-state index in [4.69, 9.17) is 0 Å². The molecule has 1 aliphatic heterocycles. The number of aliphatic imine (C=N–C) groups is 1. The topological polar surface area (TPSA) is 42.9 Å². The lowest BCUT2D eigenvalue weighted by molar-refractivity contribution is 0.178. The van der Waals surface area contributed by atoms with Crippen LogP contribution in [-0.4, -0.2) is 74.2 Å². The standard InChI is InChI=1S/C20H43N5.HI/c1-17(2)25(18(3)4)15-12-23-20(21-6)22-11-7-8-13-24-14-9-10-19(5)16-24;/h17-19H,7-16H2,1-6H3,(H2,21,22,23);1H. The number of halogens is 1. The molecule has 1 fully saturated rings. The van der Waals surface area contributed by atoms with Gasteiger partial charge in [0.1, 0.15) is 0 Å². The van der Waals surface area contributed by atoms with Crippen molar-refractivity contribution in [2.24, 2.45) is 10.9 Å². The Bertz CT molecular complexity index is 365. The van der Waals surface area contributed by atoms with Crippen molar-refractivity contribution in [2.45, 2.75) is 72.4 Å². The van der Waals surface area contributed by atoms with Crippen molar-refractivity contribution >= 4 is 29.9 Å². The van der Waals surface area contributed by atoms with E-state index in [9.17, 15) is 0 Å². The van der Waals surface area contributed by atoms with Gasteiger partial charge in [0.25, 0.3) is 0 Å². The lowest BCUT2D eigenvalue weighted by atomic mass is 10.0. The summed E-state index contributed by atoms with van der Waals surface area (Å²) in [6, 6.07) is 1.16. The average Bonchev–Trinajstić information content (AvgIpc) is 2.55. The number of hydrogen-bond acceptors (Lipinski definition) is 3. The summed E-state index contributed by atoms with van der Waals surface area (Å²) in [7, 11) is 1.85. The zero-order valence-corrected chi connectivity index (χ0v) is 20.4. The van der Waals surface area contributed by atoms with Crippen molar-refractivity contribution in [2.75, 3.05) is 46.3 Å². The third-order valence-corrected chi connectivity index (χ3v) is 5.15. The van der Waals surface area contributed by atoms with E-state index >= 15 is 0 Å². The Balaban J connectivity index is 0.00000625. The van der Waals surface area contributed by atoms with Gasteiger partial charge < -0.3 is 15.5 Å². The van der Waals surface area contributed by atoms with Gasteiger partial charge in [0.05, 0.1) is 0 Å². The highest BCUT2D eigenvalue weighted by molar-refractivity contribution is 14.0. The van der Waals surface area contributed by atoms with Crippen molar-refractivity contribution in [1.82, 2.24) is 20.4 Å². The van der Waals surface area contributed by atoms with Crippen LogP contribution in [0.25, 0.3) is 0 Å². The predicted molar refractivity (Wildman–Crippen MR) is 126 cm³/mol. The third-order valence-electron chi connectivity index (χ3n) is 5.15. The quantitative estimate of drug-likeness (QED) is 0.217. The van der Waals surface area contributed by atoms with Crippen LogP contribution in [0.4, 0.5) is 0 Å². The van der Waals surface area contributed by atoms with Gasteiger partial charge in [-0.2, -0.15) is 0 Å². The number of piperidine rings is 1. The van der Waals surface area contributed by atoms with Gasteiger partial charge in [-0.1, -0.05) is 6.92 Å². The fourth-order valence-electron chi connectivity index (χ4n) is 3.79. The number of hydrogen-bond donors (Lipinski definition) is 2. The van der Waals surface area contributed by atoms with E-state index in [2.05, 4.69) is 60.0 Å². The van der Waals surface area contributed by atoms with Gasteiger partial charge in [0.15, 0.2) is 5.96 Å². The molecule has 0 radical (unpaired) electrons. The largest absolute Gasteiger partial charge is 0.356 e. The lowest BCUT2D eigenvalue weighted by Crippen LogP contribution is -2.45. The maximum absolute atomic E-state index is 4.34. The van der Waals surface area contributed by atoms with Gasteiger partial charge in [-0.05, 0) is 72.4 Å². The van der Waals surface area contributed by atoms with E-state index in [0.29, 0.717) is 12.1 Å². The van der Waals surface area contributed by atoms with E-state index in [1.54, 1.807) is 0 Å². The Hall–Kier alpha value is -0.0800. The van der Waals surface area contributed by atoms with Crippen LogP contribution >= 0.6 is 24.0 Å². The van der Waals surface area contributed by atoms with Gasteiger partial charge in [0.2, 0.25) is 0 Å². The van der Waals surface area contributed by atoms with Crippen LogP contribution in [-0.2, 0) is 0 Å². The second kappa shape index (κ2) is 14.9. The highest BCUT2D eigenvalue weighted by atomic mass is 127. The van der Waals surface area contributed by atoms with Crippen molar-refractivity contribution in [1.29, 1.82) is 0 Å². The Labute approximate surface area is 179 Å². The molecule has 0 saturated carbocycles. The maximum Gasteiger partial charge on any atom is 0.191 e. The van der Waals surface area contributed by atoms with Crippen LogP contribution in [0.1, 0.15) is 60.3 Å². The summed E-state index contributed by atoms with van der Waals surface area (Å²) >= 11 is 0. The van der Waals surface area contributed by atoms with Gasteiger partial charge in [-0.25, -0.2) is 0 Å². The first-order chi connectivity index (χ1) is 11.9. The molecule has 0 amide bonds. The molecule has 0 aromatic heterocycles. The summed E-state index contributed by atoms with van der Waals surface area (Å²) in [4.78, 5) is 9.47. The van der Waals surface area contributed by atoms with Crippen molar-refractivity contribution in [3.05, 3.63) is 0 Å². The zero-order valence-electron chi connectivity index (χ0n) is 18.1. The molecular weight excluding hydrogens is 437 g/mol. The predicted octanol–water partition coefficient (Wildman–Crippen LogP) is 3.40. The Kier molecular flexibility index (Phi) is 14.9. The fraction of sp³-hybridized carbons (Fsp3) is 0.950. The van der Waals surface area contributed by atoms with Crippen molar-refractivity contribution < 1.29 is 0 Å². The Morgan fingerprint density at radius 1 is 1.12 bits per heavy atom. The summed E-state index contributed by atoms with van der Waals surface area (Å²) in [5.74, 6) is 1.81. The van der Waals surface area contributed by atoms with Crippen LogP contribution in [0.3, 0.4) is 0 Å². The average molecular weight is 482 g/mol. The SMILES string of the molecule is CN=C(NCCCCN1CCCC(C)C1)NCCN(C(C)C)C(C)C.I. The van der Waals surface area contributed by atoms with E-state index in [-0.39, 0.29) is 24.0 Å². The summed E-state index contributed by atoms with van der Waals surface area (Å²) < 4.78 is 0. The monoisotopic (exact) mass is 481 g/mol. The second-order valence-electron chi connectivity index (χ2n) is 8.11. The molecule has 0 aliphatic carbocycles. The van der Waals surface area contributed by atoms with Gasteiger partial charge >= 0.3 is 0 Å². The van der Waals surface area contributed by atoms with E-state index in [0.717, 1.165) is 31.5 Å². The summed E-state index contributed by atoms with van der Waals surface area (Å²) in [5.41, 5.74) is 0. The van der Waals surface area contributed by atoms with Crippen LogP contribution < -0.4 is 10.6 Å². The molecule has 1 atom stereocenters. The smallest absolute Gasteiger partial charge is 0.191 e. The summed E-state index contributed by atoms with van der Waals surface area (Å²) in [6.07, 6.45) is 5.26. The molecule has 2 N–H and O–H groups in total. The number of unbranched alkanes of at least 4 members (excludes halogenated alkanes) is 1. The molecule has 6 heteroatoms. The van der Waals surface area contributed by atoms with E-state index in [1.807, 2.05) is 7.05 Å². The normalized spacial score (nSPS) is 19.1. The molecule has 1 rings (SSSR count). The van der Waals surface area contributed by atoms with Gasteiger partial charge in [-0.3, -0.25) is 9.89 Å². The fourth-order valence-corrected chi connectivity index (χ4v) is 3.79. The number of nitrogens with zero attached hydrogens (tertiary/aromatic N) is 3. The van der Waals surface area contributed by atoms with Gasteiger partial charge in [0, 0.05) is 45.3 Å². The molecule has 156 valence electrons. The van der Waals surface area contributed by atoms with E-state index in [1.165, 1.54) is 45.3 Å². The summed E-state index contributed by atoms with van der Waals surface area (Å²) in [5, 5.41) is 6.89. The minimum atomic E-state index is 0. The van der Waals surface area contributed by atoms with Crippen LogP contribution in [0.15, 0.2) is 4.99 Å². The van der Waals surface area contributed by atoms with Gasteiger partial charge in [-0.15, -0.1) is 24.0 Å². The molecule has 0 bridgehead atoms. The first-order valence-corrected chi connectivity index (χ1v) is 10.4. The molecule has 1 unspecified atom stereocenters. The molecule has 5 nitrogen and oxygen atoms in total. The Morgan fingerprint density at radius 3 is 2.35 bits per heavy atom. The molecule has 1 heterocycles. The van der Waals surface area contributed by atoms with Crippen molar-refractivity contribution in [3.63, 3.8) is 0 Å². The highest BCUT2D eigenvalue weighted by Gasteiger charge is 2.15. The van der Waals surface area contributed by atoms with E-state index < -0.39 is 0 Å². The number of guanidine groups is 1.